The molecule has 0 aliphatic carbocycles. The Bertz CT molecular complexity index is 671. The zero-order valence-electron chi connectivity index (χ0n) is 9.88. The van der Waals surface area contributed by atoms with Gasteiger partial charge in [-0.05, 0) is 40.2 Å². The fourth-order valence-electron chi connectivity index (χ4n) is 1.56. The zero-order valence-corrected chi connectivity index (χ0v) is 12.2. The third-order valence-corrected chi connectivity index (χ3v) is 3.42. The van der Waals surface area contributed by atoms with Crippen LogP contribution >= 0.6 is 27.5 Å². The summed E-state index contributed by atoms with van der Waals surface area (Å²) in [5, 5.41) is 2.47. The molecule has 7 heteroatoms. The molecule has 2 aromatic carbocycles. The molecule has 2 aromatic rings. The highest BCUT2D eigenvalue weighted by atomic mass is 79.9. The largest absolute Gasteiger partial charge is 0.399 e. The average molecular weight is 362 g/mol. The molecule has 0 unspecified atom stereocenters. The average Bonchev–Trinajstić information content (AvgIpc) is 2.33. The summed E-state index contributed by atoms with van der Waals surface area (Å²) in [6.07, 6.45) is 0. The van der Waals surface area contributed by atoms with Crippen LogP contribution in [0.5, 0.6) is 0 Å². The first-order valence-corrected chi connectivity index (χ1v) is 6.56. The van der Waals surface area contributed by atoms with Crippen molar-refractivity contribution in [2.24, 2.45) is 0 Å². The van der Waals surface area contributed by atoms with Crippen LogP contribution in [0.4, 0.5) is 20.2 Å². The van der Waals surface area contributed by atoms with Crippen molar-refractivity contribution in [3.8, 4) is 0 Å². The fourth-order valence-corrected chi connectivity index (χ4v) is 2.34. The molecule has 3 nitrogen and oxygen atoms in total. The van der Waals surface area contributed by atoms with Crippen molar-refractivity contribution in [1.82, 2.24) is 0 Å². The highest BCUT2D eigenvalue weighted by Crippen LogP contribution is 2.28. The van der Waals surface area contributed by atoms with Crippen LogP contribution in [0.25, 0.3) is 0 Å². The van der Waals surface area contributed by atoms with Gasteiger partial charge in [-0.1, -0.05) is 11.6 Å². The molecule has 0 saturated heterocycles. The smallest absolute Gasteiger partial charge is 0.257 e. The Morgan fingerprint density at radius 2 is 1.95 bits per heavy atom. The van der Waals surface area contributed by atoms with Crippen molar-refractivity contribution >= 4 is 44.8 Å². The molecular formula is C13H8BrClF2N2O. The molecule has 20 heavy (non-hydrogen) atoms. The predicted octanol–water partition coefficient (Wildman–Crippen LogP) is 4.22. The highest BCUT2D eigenvalue weighted by Gasteiger charge is 2.16. The molecule has 3 N–H and O–H groups in total. The molecule has 0 spiro atoms. The number of amides is 1. The fraction of sp³-hybridized carbons (Fsp3) is 0. The van der Waals surface area contributed by atoms with Gasteiger partial charge >= 0.3 is 0 Å². The van der Waals surface area contributed by atoms with Crippen molar-refractivity contribution in [3.05, 3.63) is 57.0 Å². The molecule has 0 saturated carbocycles. The van der Waals surface area contributed by atoms with Crippen LogP contribution < -0.4 is 11.1 Å². The van der Waals surface area contributed by atoms with E-state index in [1.54, 1.807) is 0 Å². The summed E-state index contributed by atoms with van der Waals surface area (Å²) in [6, 6.07) is 6.04. The first-order chi connectivity index (χ1) is 9.38. The Morgan fingerprint density at radius 3 is 2.55 bits per heavy atom. The van der Waals surface area contributed by atoms with Gasteiger partial charge in [0.05, 0.1) is 16.3 Å². The van der Waals surface area contributed by atoms with Crippen LogP contribution in [0.1, 0.15) is 10.4 Å². The highest BCUT2D eigenvalue weighted by molar-refractivity contribution is 9.10. The van der Waals surface area contributed by atoms with E-state index < -0.39 is 17.5 Å². The third kappa shape index (κ3) is 3.08. The number of nitrogens with one attached hydrogen (secondary N) is 1. The maximum Gasteiger partial charge on any atom is 0.257 e. The first-order valence-electron chi connectivity index (χ1n) is 5.39. The molecule has 0 aliphatic rings. The summed E-state index contributed by atoms with van der Waals surface area (Å²) < 4.78 is 26.7. The summed E-state index contributed by atoms with van der Waals surface area (Å²) in [5.41, 5.74) is 5.90. The SMILES string of the molecule is Nc1ccc(C(=O)Nc2c(F)cc(F)cc2Br)c(Cl)c1. The minimum absolute atomic E-state index is 0.0925. The molecule has 0 aromatic heterocycles. The molecular weight excluding hydrogens is 354 g/mol. The molecule has 104 valence electrons. The molecule has 0 radical (unpaired) electrons. The summed E-state index contributed by atoms with van der Waals surface area (Å²) >= 11 is 8.87. The quantitative estimate of drug-likeness (QED) is 0.787. The van der Waals surface area contributed by atoms with Crippen LogP contribution in [-0.4, -0.2) is 5.91 Å². The second-order valence-electron chi connectivity index (χ2n) is 3.94. The Hall–Kier alpha value is -1.66. The number of carbonyl (C=O) groups is 1. The normalized spacial score (nSPS) is 10.4. The number of carbonyl (C=O) groups excluding carboxylic acids is 1. The second kappa shape index (κ2) is 5.76. The number of nitrogen functional groups attached to an aromatic ring is 1. The number of benzene rings is 2. The maximum absolute atomic E-state index is 13.6. The molecule has 0 bridgehead atoms. The van der Waals surface area contributed by atoms with E-state index in [9.17, 15) is 13.6 Å². The maximum atomic E-state index is 13.6. The van der Waals surface area contributed by atoms with Crippen molar-refractivity contribution in [2.75, 3.05) is 11.1 Å². The van der Waals surface area contributed by atoms with Crippen LogP contribution in [0.2, 0.25) is 5.02 Å². The molecule has 0 heterocycles. The van der Waals surface area contributed by atoms with Crippen LogP contribution in [0, 0.1) is 11.6 Å². The minimum atomic E-state index is -0.892. The van der Waals surface area contributed by atoms with E-state index in [1.165, 1.54) is 18.2 Å². The number of rotatable bonds is 2. The van der Waals surface area contributed by atoms with Gasteiger partial charge in [-0.15, -0.1) is 0 Å². The number of hydrogen-bond donors (Lipinski definition) is 2. The van der Waals surface area contributed by atoms with Crippen molar-refractivity contribution in [2.45, 2.75) is 0 Å². The number of hydrogen-bond acceptors (Lipinski definition) is 2. The second-order valence-corrected chi connectivity index (χ2v) is 5.20. The van der Waals surface area contributed by atoms with Gasteiger partial charge in [0.1, 0.15) is 5.82 Å². The summed E-state index contributed by atoms with van der Waals surface area (Å²) in [7, 11) is 0. The van der Waals surface area contributed by atoms with Crippen molar-refractivity contribution < 1.29 is 13.6 Å². The first kappa shape index (κ1) is 14.7. The number of halogens is 4. The van der Waals surface area contributed by atoms with E-state index >= 15 is 0 Å². The van der Waals surface area contributed by atoms with E-state index in [0.717, 1.165) is 6.07 Å². The molecule has 1 amide bonds. The lowest BCUT2D eigenvalue weighted by atomic mass is 10.2. The van der Waals surface area contributed by atoms with E-state index in [4.69, 9.17) is 17.3 Å². The van der Waals surface area contributed by atoms with E-state index in [2.05, 4.69) is 21.2 Å². The van der Waals surface area contributed by atoms with Gasteiger partial charge in [0, 0.05) is 16.2 Å². The van der Waals surface area contributed by atoms with Gasteiger partial charge in [-0.25, -0.2) is 8.78 Å². The van der Waals surface area contributed by atoms with E-state index in [0.29, 0.717) is 11.8 Å². The van der Waals surface area contributed by atoms with Gasteiger partial charge in [-0.3, -0.25) is 4.79 Å². The lowest BCUT2D eigenvalue weighted by Gasteiger charge is -2.10. The lowest BCUT2D eigenvalue weighted by Crippen LogP contribution is -2.14. The van der Waals surface area contributed by atoms with Gasteiger partial charge in [0.15, 0.2) is 5.82 Å². The van der Waals surface area contributed by atoms with Gasteiger partial charge in [0.2, 0.25) is 0 Å². The van der Waals surface area contributed by atoms with Crippen LogP contribution in [0.15, 0.2) is 34.8 Å². The number of nitrogens with two attached hydrogens (primary N) is 1. The Morgan fingerprint density at radius 1 is 1.25 bits per heavy atom. The Kier molecular flexibility index (Phi) is 4.25. The minimum Gasteiger partial charge on any atom is -0.399 e. The molecule has 0 fully saturated rings. The third-order valence-electron chi connectivity index (χ3n) is 2.48. The summed E-state index contributed by atoms with van der Waals surface area (Å²) in [6.45, 7) is 0. The van der Waals surface area contributed by atoms with Crippen molar-refractivity contribution in [1.29, 1.82) is 0 Å². The lowest BCUT2D eigenvalue weighted by molar-refractivity contribution is 0.102. The summed E-state index contributed by atoms with van der Waals surface area (Å²) in [4.78, 5) is 12.0. The Labute approximate surface area is 126 Å². The topological polar surface area (TPSA) is 55.1 Å². The summed E-state index contributed by atoms with van der Waals surface area (Å²) in [5.74, 6) is -2.27. The zero-order chi connectivity index (χ0) is 14.9. The van der Waals surface area contributed by atoms with E-state index in [1.807, 2.05) is 0 Å². The standard InChI is InChI=1S/C13H8BrClF2N2O/c14-9-3-6(16)4-11(17)12(9)19-13(20)8-2-1-7(18)5-10(8)15/h1-5H,18H2,(H,19,20). The molecule has 0 atom stereocenters. The monoisotopic (exact) mass is 360 g/mol. The van der Waals surface area contributed by atoms with Gasteiger partial charge in [0.25, 0.3) is 5.91 Å². The Balaban J connectivity index is 2.33. The van der Waals surface area contributed by atoms with E-state index in [-0.39, 0.29) is 20.7 Å². The van der Waals surface area contributed by atoms with Crippen molar-refractivity contribution in [3.63, 3.8) is 0 Å². The van der Waals surface area contributed by atoms with Gasteiger partial charge < -0.3 is 11.1 Å². The molecule has 2 rings (SSSR count). The van der Waals surface area contributed by atoms with Gasteiger partial charge in [-0.2, -0.15) is 0 Å². The van der Waals surface area contributed by atoms with Crippen LogP contribution in [0.3, 0.4) is 0 Å². The number of anilines is 2. The molecule has 0 aliphatic heterocycles. The van der Waals surface area contributed by atoms with Crippen LogP contribution in [-0.2, 0) is 0 Å². The predicted molar refractivity (Wildman–Crippen MR) is 77.9 cm³/mol.